The molecular weight excluding hydrogens is 281 g/mol. The Kier molecular flexibility index (Phi) is 8.14. The molecule has 0 amide bonds. The van der Waals surface area contributed by atoms with Crippen LogP contribution in [0.15, 0.2) is 0 Å². The van der Waals surface area contributed by atoms with E-state index in [0.29, 0.717) is 17.4 Å². The van der Waals surface area contributed by atoms with Gasteiger partial charge in [0.2, 0.25) is 0 Å². The molecule has 15 heavy (non-hydrogen) atoms. The third kappa shape index (κ3) is 6.20. The molecule has 0 unspecified atom stereocenters. The predicted octanol–water partition coefficient (Wildman–Crippen LogP) is -0.148. The number of hydrogen-bond donors (Lipinski definition) is 3. The Hall–Kier alpha value is -0.0305. The fourth-order valence-electron chi connectivity index (χ4n) is 0.946. The van der Waals surface area contributed by atoms with Crippen molar-refractivity contribution in [1.82, 2.24) is 5.32 Å². The van der Waals surface area contributed by atoms with E-state index < -0.39 is 18.1 Å². The van der Waals surface area contributed by atoms with E-state index in [1.165, 1.54) is 0 Å². The van der Waals surface area contributed by atoms with Gasteiger partial charge in [0, 0.05) is 0 Å². The minimum atomic E-state index is -0.889. The second kappa shape index (κ2) is 8.16. The number of rotatable bonds is 8. The number of hydrogen-bond acceptors (Lipinski definition) is 4. The van der Waals surface area contributed by atoms with Crippen molar-refractivity contribution in [3.05, 3.63) is 0 Å². The molecule has 0 rings (SSSR count). The number of thioether (sulfide) groups is 1. The van der Waals surface area contributed by atoms with Gasteiger partial charge in [0.05, 0.1) is 0 Å². The fraction of sp³-hybridized carbons (Fsp3) is 0.778. The molecule has 0 heterocycles. The van der Waals surface area contributed by atoms with Crippen LogP contribution in [-0.2, 0) is 4.79 Å². The molecule has 0 saturated heterocycles. The molecule has 4 nitrogen and oxygen atoms in total. The van der Waals surface area contributed by atoms with Crippen LogP contribution < -0.4 is 5.32 Å². The quantitative estimate of drug-likeness (QED) is 0.544. The monoisotopic (exact) mass is 299 g/mol. The molecule has 0 aliphatic rings. The van der Waals surface area contributed by atoms with Crippen LogP contribution in [-0.4, -0.2) is 60.5 Å². The van der Waals surface area contributed by atoms with E-state index in [1.807, 2.05) is 13.2 Å². The first-order valence-corrected chi connectivity index (χ1v) is 6.98. The Bertz CT molecular complexity index is 225. The molecule has 0 radical (unpaired) electrons. The summed E-state index contributed by atoms with van der Waals surface area (Å²) in [5, 5.41) is 21.2. The molecule has 2 atom stereocenters. The first kappa shape index (κ1) is 15.0. The average Bonchev–Trinajstić information content (AvgIpc) is 2.22. The van der Waals surface area contributed by atoms with Crippen molar-refractivity contribution in [3.8, 4) is 0 Å². The molecule has 0 saturated carbocycles. The number of aliphatic hydroxyl groups excluding tert-OH is 1. The van der Waals surface area contributed by atoms with E-state index in [2.05, 4.69) is 20.9 Å². The molecule has 88 valence electrons. The minimum absolute atomic E-state index is 0.506. The van der Waals surface area contributed by atoms with E-state index in [4.69, 9.17) is 5.11 Å². The summed E-state index contributed by atoms with van der Waals surface area (Å²) in [5.41, 5.74) is 0. The van der Waals surface area contributed by atoms with Gasteiger partial charge in [0.1, 0.15) is 0 Å². The summed E-state index contributed by atoms with van der Waals surface area (Å²) in [6.07, 6.45) is 2.41. The van der Waals surface area contributed by atoms with Crippen LogP contribution in [0.3, 0.4) is 0 Å². The topological polar surface area (TPSA) is 69.6 Å². The van der Waals surface area contributed by atoms with Gasteiger partial charge in [-0.15, -0.1) is 0 Å². The van der Waals surface area contributed by atoms with E-state index in [1.54, 1.807) is 11.8 Å². The molecular formula is C9H17NO3SSe. The van der Waals surface area contributed by atoms with Gasteiger partial charge in [-0.25, -0.2) is 0 Å². The van der Waals surface area contributed by atoms with Gasteiger partial charge in [0.15, 0.2) is 0 Å². The maximum absolute atomic E-state index is 10.9. The standard InChI is InChI=1S/C9H17NO3SSe/c1-3-7(11)8(15)10-6(9(12)13)4-5-14-2/h6-7,11H,3-5H2,1-2H3,(H,10,15)(H,12,13)/t6-,7+/m0/s1. The number of carboxylic acids is 1. The molecule has 0 aromatic heterocycles. The molecule has 0 fully saturated rings. The summed E-state index contributed by atoms with van der Waals surface area (Å²) >= 11 is 4.28. The van der Waals surface area contributed by atoms with E-state index in [0.717, 1.165) is 5.75 Å². The maximum atomic E-state index is 10.9. The van der Waals surface area contributed by atoms with Gasteiger partial charge >= 0.3 is 102 Å². The van der Waals surface area contributed by atoms with Crippen molar-refractivity contribution in [3.63, 3.8) is 0 Å². The third-order valence-corrected chi connectivity index (χ3v) is 3.38. The number of carbonyl (C=O) groups is 1. The summed E-state index contributed by atoms with van der Waals surface area (Å²) in [4.78, 5) is 10.9. The summed E-state index contributed by atoms with van der Waals surface area (Å²) < 4.78 is 0.506. The average molecular weight is 298 g/mol. The van der Waals surface area contributed by atoms with Gasteiger partial charge in [-0.2, -0.15) is 0 Å². The summed E-state index contributed by atoms with van der Waals surface area (Å²) in [6.45, 7) is 1.83. The van der Waals surface area contributed by atoms with Crippen LogP contribution in [0.25, 0.3) is 0 Å². The van der Waals surface area contributed by atoms with Crippen molar-refractivity contribution in [2.24, 2.45) is 0 Å². The summed E-state index contributed by atoms with van der Waals surface area (Å²) in [5.74, 6) is -0.112. The molecule has 0 aromatic rings. The van der Waals surface area contributed by atoms with E-state index >= 15 is 0 Å². The third-order valence-electron chi connectivity index (χ3n) is 1.91. The molecule has 0 bridgehead atoms. The number of carboxylic acid groups (broad SMARTS) is 1. The molecule has 0 aromatic carbocycles. The Labute approximate surface area is 102 Å². The summed E-state index contributed by atoms with van der Waals surface area (Å²) in [6, 6.07) is -0.630. The van der Waals surface area contributed by atoms with E-state index in [-0.39, 0.29) is 0 Å². The molecule has 3 N–H and O–H groups in total. The zero-order chi connectivity index (χ0) is 11.8. The van der Waals surface area contributed by atoms with Crippen LogP contribution >= 0.6 is 11.8 Å². The SMILES string of the molecule is CC[C@@H](O)C(=[Se])N[C@@H](CCSC)C(=O)O. The van der Waals surface area contributed by atoms with E-state index in [9.17, 15) is 9.90 Å². The van der Waals surface area contributed by atoms with Gasteiger partial charge < -0.3 is 0 Å². The molecule has 6 heteroatoms. The molecule has 0 aliphatic heterocycles. The first-order valence-electron chi connectivity index (χ1n) is 4.73. The van der Waals surface area contributed by atoms with Gasteiger partial charge in [-0.3, -0.25) is 0 Å². The Balaban J connectivity index is 4.16. The fourth-order valence-corrected chi connectivity index (χ4v) is 2.07. The summed E-state index contributed by atoms with van der Waals surface area (Å²) in [7, 11) is 0. The first-order chi connectivity index (χ1) is 7.02. The second-order valence-corrected chi connectivity index (χ2v) is 5.01. The van der Waals surface area contributed by atoms with Crippen molar-refractivity contribution < 1.29 is 15.0 Å². The Morgan fingerprint density at radius 3 is 2.60 bits per heavy atom. The molecule has 0 aliphatic carbocycles. The number of aliphatic hydroxyl groups is 1. The van der Waals surface area contributed by atoms with Crippen LogP contribution in [0, 0.1) is 0 Å². The van der Waals surface area contributed by atoms with Gasteiger partial charge in [-0.1, -0.05) is 0 Å². The number of aliphatic carboxylic acids is 1. The Morgan fingerprint density at radius 2 is 2.20 bits per heavy atom. The van der Waals surface area contributed by atoms with Crippen LogP contribution in [0.1, 0.15) is 19.8 Å². The predicted molar refractivity (Wildman–Crippen MR) is 64.6 cm³/mol. The van der Waals surface area contributed by atoms with Crippen LogP contribution in [0.5, 0.6) is 0 Å². The van der Waals surface area contributed by atoms with Crippen LogP contribution in [0.2, 0.25) is 0 Å². The van der Waals surface area contributed by atoms with Crippen molar-refractivity contribution in [2.75, 3.05) is 12.0 Å². The van der Waals surface area contributed by atoms with Crippen molar-refractivity contribution in [2.45, 2.75) is 31.9 Å². The molecule has 0 spiro atoms. The zero-order valence-corrected chi connectivity index (χ0v) is 11.4. The van der Waals surface area contributed by atoms with Gasteiger partial charge in [-0.05, 0) is 0 Å². The van der Waals surface area contributed by atoms with Crippen molar-refractivity contribution in [1.29, 1.82) is 0 Å². The second-order valence-electron chi connectivity index (χ2n) is 3.10. The van der Waals surface area contributed by atoms with Gasteiger partial charge in [0.25, 0.3) is 0 Å². The zero-order valence-electron chi connectivity index (χ0n) is 8.90. The number of nitrogens with one attached hydrogen (secondary N) is 1. The van der Waals surface area contributed by atoms with Crippen molar-refractivity contribution >= 4 is 37.8 Å². The Morgan fingerprint density at radius 1 is 1.60 bits per heavy atom. The normalized spacial score (nSPS) is 14.3. The van der Waals surface area contributed by atoms with Crippen LogP contribution in [0.4, 0.5) is 0 Å².